The van der Waals surface area contributed by atoms with Crippen molar-refractivity contribution in [3.05, 3.63) is 0 Å². The molecular weight excluding hydrogens is 1420 g/mol. The Labute approximate surface area is 675 Å². The third-order valence-electron chi connectivity index (χ3n) is 42.3. The fraction of sp³-hybridized carbons (Fsp3) is 0.969. The number of carbonyl (C=O) groups is 3. The quantitative estimate of drug-likeness (QED) is 0.0957. The number of hydrogen-bond acceptors (Lipinski definition) is 11. The second-order valence-electron chi connectivity index (χ2n) is 49.6. The molecule has 112 heavy (non-hydrogen) atoms. The van der Waals surface area contributed by atoms with Crippen LogP contribution in [-0.4, -0.2) is 156 Å². The molecule has 36 atom stereocenters. The van der Waals surface area contributed by atoms with Crippen molar-refractivity contribution in [3.63, 3.8) is 0 Å². The standard InChI is InChI=1S/C96H155N3O12S/c1-52-34-57-63(40-76(52)100)93(46-85(57,3)4)48-87(7,8)59-37-70(79(103)42-65(59)93)92(16)55-25-18-21-28-74(55)98(83(92)107)31-32-99-75-29-22-19-26-56(75)96(84(99)108,71-38-61-67(44-80(71)104)94(50-89(61,11)12)47-86(5,6)58-35-53(2)77(101)41-64(58)94)72-39-62-68(45-81(72)105)95(51-90(62,13)14)49-88(9,10)60-36-69(78(102)43-66(60)95)91(15)54-24-17-20-27-73(54)97(82(91)106)30-23-33-112(109,110)111/h52-81,100-105H,17-51H2,1-16H3,(H,109,110,111). The lowest BCUT2D eigenvalue weighted by atomic mass is 9.46. The lowest BCUT2D eigenvalue weighted by Crippen LogP contribution is -2.61. The Bertz CT molecular complexity index is 3800. The number of aliphatic hydroxyl groups excluding tert-OH is 6. The zero-order chi connectivity index (χ0) is 80.0. The molecule has 3 spiro atoms. The molecule has 0 aromatic carbocycles. The predicted molar refractivity (Wildman–Crippen MR) is 435 cm³/mol. The highest BCUT2D eigenvalue weighted by Gasteiger charge is 2.79. The molecular formula is C96H155N3O12S. The smallest absolute Gasteiger partial charge is 0.264 e. The first-order valence-corrected chi connectivity index (χ1v) is 48.8. The van der Waals surface area contributed by atoms with Crippen LogP contribution in [0.2, 0.25) is 0 Å². The van der Waals surface area contributed by atoms with Crippen LogP contribution in [0.15, 0.2) is 0 Å². The molecule has 15 aliphatic carbocycles. The maximum absolute atomic E-state index is 18.0. The van der Waals surface area contributed by atoms with Crippen LogP contribution in [0, 0.1) is 189 Å². The van der Waals surface area contributed by atoms with Crippen molar-refractivity contribution in [3.8, 4) is 0 Å². The Morgan fingerprint density at radius 3 is 0.893 bits per heavy atom. The lowest BCUT2D eigenvalue weighted by molar-refractivity contribution is -0.178. The second kappa shape index (κ2) is 26.5. The van der Waals surface area contributed by atoms with Crippen LogP contribution in [0.5, 0.6) is 0 Å². The van der Waals surface area contributed by atoms with E-state index in [4.69, 9.17) is 0 Å². The van der Waals surface area contributed by atoms with Gasteiger partial charge in [-0.2, -0.15) is 8.42 Å². The van der Waals surface area contributed by atoms with Gasteiger partial charge in [-0.1, -0.05) is 149 Å². The molecule has 16 heteroatoms. The van der Waals surface area contributed by atoms with Gasteiger partial charge in [-0.25, -0.2) is 0 Å². The van der Waals surface area contributed by atoms with E-state index in [1.54, 1.807) is 0 Å². The molecule has 3 amide bonds. The minimum atomic E-state index is -4.20. The summed E-state index contributed by atoms with van der Waals surface area (Å²) in [6.45, 7) is 40.0. The molecule has 15 nitrogen and oxygen atoms in total. The molecule has 3 saturated heterocycles. The van der Waals surface area contributed by atoms with Crippen molar-refractivity contribution in [2.75, 3.05) is 25.4 Å². The van der Waals surface area contributed by atoms with Gasteiger partial charge in [-0.05, 0) is 322 Å². The number of likely N-dealkylation sites (tertiary alicyclic amines) is 3. The monoisotopic (exact) mass is 1570 g/mol. The number of hydrogen-bond donors (Lipinski definition) is 7. The van der Waals surface area contributed by atoms with Crippen LogP contribution in [0.3, 0.4) is 0 Å². The highest BCUT2D eigenvalue weighted by Crippen LogP contribution is 2.82. The van der Waals surface area contributed by atoms with E-state index in [0.29, 0.717) is 80.2 Å². The molecule has 36 unspecified atom stereocenters. The van der Waals surface area contributed by atoms with E-state index in [2.05, 4.69) is 121 Å². The Kier molecular flexibility index (Phi) is 19.2. The van der Waals surface area contributed by atoms with Crippen molar-refractivity contribution >= 4 is 27.8 Å². The van der Waals surface area contributed by atoms with Crippen molar-refractivity contribution in [2.24, 2.45) is 189 Å². The molecule has 0 radical (unpaired) electrons. The van der Waals surface area contributed by atoms with Gasteiger partial charge < -0.3 is 45.3 Å². The molecule has 18 rings (SSSR count). The van der Waals surface area contributed by atoms with Gasteiger partial charge >= 0.3 is 0 Å². The number of fused-ring (bicyclic) bond motifs is 15. The largest absolute Gasteiger partial charge is 0.393 e. The highest BCUT2D eigenvalue weighted by atomic mass is 32.2. The van der Waals surface area contributed by atoms with Gasteiger partial charge in [0, 0.05) is 49.6 Å². The SMILES string of the molecule is CC1CC2C(CC1O)C1(CC2(C)C)CC(C)(C)C2CC(C3(C)C(=O)N(CCN4C(=O)C(C5CC6C(CC5O)C5(CC(C)(C)C7CC(C)C(O)CC75)CC6(C)C)(C5CC6C(CC5O)C5(CC(C)(C)C7CC(C8(C)C(=O)N(CCCS(=O)(=O)O)C9CCCCC98)C(O)CC75)CC6(C)C)C5CCCCC54)C4CCCCC43)C(O)CC21. The van der Waals surface area contributed by atoms with E-state index in [9.17, 15) is 43.6 Å². The first kappa shape index (κ1) is 81.1. The zero-order valence-corrected chi connectivity index (χ0v) is 73.3. The summed E-state index contributed by atoms with van der Waals surface area (Å²) in [7, 11) is -4.20. The van der Waals surface area contributed by atoms with Crippen molar-refractivity contribution < 1.29 is 58.0 Å². The maximum atomic E-state index is 18.0. The summed E-state index contributed by atoms with van der Waals surface area (Å²) >= 11 is 0. The lowest BCUT2D eigenvalue weighted by Gasteiger charge is -2.58. The van der Waals surface area contributed by atoms with Crippen LogP contribution in [-0.2, 0) is 24.5 Å². The van der Waals surface area contributed by atoms with Crippen LogP contribution >= 0.6 is 0 Å². The van der Waals surface area contributed by atoms with Gasteiger partial charge in [0.2, 0.25) is 17.7 Å². The van der Waals surface area contributed by atoms with Crippen molar-refractivity contribution in [1.82, 2.24) is 14.7 Å². The Balaban J connectivity index is 0.673. The Morgan fingerprint density at radius 2 is 0.562 bits per heavy atom. The first-order valence-electron chi connectivity index (χ1n) is 47.2. The predicted octanol–water partition coefficient (Wildman–Crippen LogP) is 16.1. The Hall–Kier alpha value is -1.92. The summed E-state index contributed by atoms with van der Waals surface area (Å²) in [5.74, 6) is 3.09. The van der Waals surface area contributed by atoms with Crippen molar-refractivity contribution in [2.45, 2.75) is 365 Å². The zero-order valence-electron chi connectivity index (χ0n) is 72.5. The first-order chi connectivity index (χ1) is 52.3. The topological polar surface area (TPSA) is 237 Å². The van der Waals surface area contributed by atoms with E-state index in [1.807, 2.05) is 4.90 Å². The van der Waals surface area contributed by atoms with Gasteiger partial charge in [0.15, 0.2) is 0 Å². The second-order valence-corrected chi connectivity index (χ2v) is 51.2. The minimum Gasteiger partial charge on any atom is -0.393 e. The number of carbonyl (C=O) groups excluding carboxylic acids is 3. The number of nitrogens with zero attached hydrogens (tertiary/aromatic N) is 3. The number of rotatable bonds is 11. The fourth-order valence-electron chi connectivity index (χ4n) is 38.9. The average molecular weight is 1580 g/mol. The van der Waals surface area contributed by atoms with Gasteiger partial charge in [-0.15, -0.1) is 0 Å². The van der Waals surface area contributed by atoms with Crippen LogP contribution in [0.25, 0.3) is 0 Å². The van der Waals surface area contributed by atoms with Crippen LogP contribution in [0.4, 0.5) is 0 Å². The molecule has 632 valence electrons. The summed E-state index contributed by atoms with van der Waals surface area (Å²) in [5, 5.41) is 78.5. The maximum Gasteiger partial charge on any atom is 0.264 e. The van der Waals surface area contributed by atoms with E-state index >= 15 is 14.4 Å². The summed E-state index contributed by atoms with van der Waals surface area (Å²) in [5.41, 5.74) is -2.97. The summed E-state index contributed by atoms with van der Waals surface area (Å²) in [6.07, 6.45) is 23.8. The number of amides is 3. The minimum absolute atomic E-state index is 0.0177. The Morgan fingerprint density at radius 1 is 0.304 bits per heavy atom. The van der Waals surface area contributed by atoms with Crippen LogP contribution in [0.1, 0.15) is 310 Å². The molecule has 15 saturated carbocycles. The molecule has 7 N–H and O–H groups in total. The normalized spacial score (nSPS) is 54.4. The average Bonchev–Trinajstić information content (AvgIpc) is 1.51. The van der Waals surface area contributed by atoms with Gasteiger partial charge in [-0.3, -0.25) is 18.9 Å². The van der Waals surface area contributed by atoms with E-state index in [-0.39, 0.29) is 192 Å². The molecule has 3 aliphatic heterocycles. The van der Waals surface area contributed by atoms with E-state index < -0.39 is 56.7 Å². The van der Waals surface area contributed by atoms with Crippen molar-refractivity contribution in [1.29, 1.82) is 0 Å². The van der Waals surface area contributed by atoms with Crippen LogP contribution < -0.4 is 0 Å². The molecule has 3 heterocycles. The summed E-state index contributed by atoms with van der Waals surface area (Å²) in [4.78, 5) is 56.5. The summed E-state index contributed by atoms with van der Waals surface area (Å²) < 4.78 is 33.8. The molecule has 18 aliphatic rings. The third-order valence-corrected chi connectivity index (χ3v) is 43.1. The summed E-state index contributed by atoms with van der Waals surface area (Å²) in [6, 6.07) is -0.0808. The number of aliphatic hydroxyl groups is 6. The van der Waals surface area contributed by atoms with Gasteiger partial charge in [0.25, 0.3) is 10.1 Å². The molecule has 18 fully saturated rings. The highest BCUT2D eigenvalue weighted by molar-refractivity contribution is 7.85. The van der Waals surface area contributed by atoms with Gasteiger partial charge in [0.05, 0.1) is 58.6 Å². The van der Waals surface area contributed by atoms with Gasteiger partial charge in [0.1, 0.15) is 0 Å². The van der Waals surface area contributed by atoms with E-state index in [1.165, 1.54) is 0 Å². The molecule has 0 bridgehead atoms. The molecule has 0 aromatic heterocycles. The van der Waals surface area contributed by atoms with E-state index in [0.717, 1.165) is 167 Å². The fourth-order valence-corrected chi connectivity index (χ4v) is 39.4. The molecule has 0 aromatic rings. The third kappa shape index (κ3) is 11.3.